The van der Waals surface area contributed by atoms with Gasteiger partial charge in [-0.1, -0.05) is 19.8 Å². The third-order valence-corrected chi connectivity index (χ3v) is 6.51. The Bertz CT molecular complexity index is 740. The molecule has 1 aliphatic carbocycles. The number of piperazine rings is 1. The molecule has 0 radical (unpaired) electrons. The summed E-state index contributed by atoms with van der Waals surface area (Å²) in [6.07, 6.45) is 9.29. The first-order valence-electron chi connectivity index (χ1n) is 11.2. The highest BCUT2D eigenvalue weighted by atomic mass is 16.3. The molecule has 3 heterocycles. The van der Waals surface area contributed by atoms with Gasteiger partial charge in [0.05, 0.1) is 6.54 Å². The predicted molar refractivity (Wildman–Crippen MR) is 112 cm³/mol. The minimum atomic E-state index is 0.0150. The number of rotatable bonds is 5. The Balaban J connectivity index is 1.21. The van der Waals surface area contributed by atoms with Crippen molar-refractivity contribution in [2.45, 2.75) is 44.9 Å². The van der Waals surface area contributed by atoms with E-state index in [1.165, 1.54) is 19.3 Å². The monoisotopic (exact) mass is 399 g/mol. The fourth-order valence-electron chi connectivity index (χ4n) is 4.37. The smallest absolute Gasteiger partial charge is 0.246 e. The molecule has 1 saturated carbocycles. The Labute approximate surface area is 173 Å². The van der Waals surface area contributed by atoms with Gasteiger partial charge in [0.15, 0.2) is 0 Å². The lowest BCUT2D eigenvalue weighted by molar-refractivity contribution is -0.133. The largest absolute Gasteiger partial charge is 0.461 e. The first-order valence-corrected chi connectivity index (χ1v) is 11.2. The highest BCUT2D eigenvalue weighted by Crippen LogP contribution is 2.47. The van der Waals surface area contributed by atoms with Gasteiger partial charge in [0.2, 0.25) is 11.8 Å². The summed E-state index contributed by atoms with van der Waals surface area (Å²) < 4.78 is 5.84. The summed E-state index contributed by atoms with van der Waals surface area (Å²) in [5, 5.41) is 0. The quantitative estimate of drug-likeness (QED) is 0.715. The molecule has 2 unspecified atom stereocenters. The van der Waals surface area contributed by atoms with Crippen LogP contribution in [0.25, 0.3) is 6.08 Å². The van der Waals surface area contributed by atoms with E-state index in [4.69, 9.17) is 4.42 Å². The highest BCUT2D eigenvalue weighted by molar-refractivity contribution is 5.91. The fraction of sp³-hybridized carbons (Fsp3) is 0.652. The van der Waals surface area contributed by atoms with E-state index in [1.807, 2.05) is 21.9 Å². The van der Waals surface area contributed by atoms with Crippen LogP contribution in [-0.4, -0.2) is 72.3 Å². The van der Waals surface area contributed by atoms with E-state index in [1.54, 1.807) is 12.2 Å². The van der Waals surface area contributed by atoms with Gasteiger partial charge >= 0.3 is 0 Å². The second-order valence-corrected chi connectivity index (χ2v) is 8.79. The molecular formula is C23H33N3O3. The molecule has 0 N–H and O–H groups in total. The average molecular weight is 400 g/mol. The van der Waals surface area contributed by atoms with E-state index in [-0.39, 0.29) is 11.8 Å². The summed E-state index contributed by atoms with van der Waals surface area (Å²) in [6.45, 7) is 7.35. The lowest BCUT2D eigenvalue weighted by Crippen LogP contribution is -2.51. The molecule has 2 aliphatic heterocycles. The van der Waals surface area contributed by atoms with E-state index >= 15 is 0 Å². The van der Waals surface area contributed by atoms with Crippen molar-refractivity contribution in [3.63, 3.8) is 0 Å². The number of hydrogen-bond acceptors (Lipinski definition) is 4. The molecule has 4 rings (SSSR count). The minimum absolute atomic E-state index is 0.0150. The maximum Gasteiger partial charge on any atom is 0.246 e. The van der Waals surface area contributed by atoms with Crippen LogP contribution < -0.4 is 0 Å². The second-order valence-electron chi connectivity index (χ2n) is 8.79. The van der Waals surface area contributed by atoms with Crippen molar-refractivity contribution < 1.29 is 14.0 Å². The number of likely N-dealkylation sites (tertiary alicyclic amines) is 1. The van der Waals surface area contributed by atoms with Crippen molar-refractivity contribution >= 4 is 17.9 Å². The molecule has 3 aliphatic rings. The summed E-state index contributed by atoms with van der Waals surface area (Å²) >= 11 is 0. The zero-order valence-electron chi connectivity index (χ0n) is 17.5. The molecule has 3 fully saturated rings. The SMILES string of the molecule is CC1CC1c1ccc(C=CC(=O)N2CCN(CC(=O)N3CCCCCC3)CC2)o1. The minimum Gasteiger partial charge on any atom is -0.461 e. The van der Waals surface area contributed by atoms with E-state index in [0.717, 1.165) is 50.5 Å². The zero-order chi connectivity index (χ0) is 20.2. The van der Waals surface area contributed by atoms with Crippen LogP contribution in [0.4, 0.5) is 0 Å². The molecular weight excluding hydrogens is 366 g/mol. The molecule has 158 valence electrons. The van der Waals surface area contributed by atoms with Crippen LogP contribution >= 0.6 is 0 Å². The summed E-state index contributed by atoms with van der Waals surface area (Å²) in [7, 11) is 0. The lowest BCUT2D eigenvalue weighted by atomic mass is 10.2. The van der Waals surface area contributed by atoms with Gasteiger partial charge in [-0.3, -0.25) is 14.5 Å². The maximum absolute atomic E-state index is 12.6. The Morgan fingerprint density at radius 2 is 1.69 bits per heavy atom. The van der Waals surface area contributed by atoms with Crippen molar-refractivity contribution in [3.8, 4) is 0 Å². The van der Waals surface area contributed by atoms with Gasteiger partial charge in [-0.15, -0.1) is 0 Å². The van der Waals surface area contributed by atoms with E-state index in [2.05, 4.69) is 11.8 Å². The third-order valence-electron chi connectivity index (χ3n) is 6.51. The number of nitrogens with zero attached hydrogens (tertiary/aromatic N) is 3. The van der Waals surface area contributed by atoms with Crippen LogP contribution in [0.5, 0.6) is 0 Å². The first-order chi connectivity index (χ1) is 14.1. The Morgan fingerprint density at radius 1 is 1.00 bits per heavy atom. The van der Waals surface area contributed by atoms with Crippen LogP contribution in [-0.2, 0) is 9.59 Å². The number of amides is 2. The van der Waals surface area contributed by atoms with Crippen LogP contribution in [0.3, 0.4) is 0 Å². The van der Waals surface area contributed by atoms with Crippen molar-refractivity contribution in [2.24, 2.45) is 5.92 Å². The molecule has 0 aromatic carbocycles. The molecule has 1 aromatic heterocycles. The molecule has 0 bridgehead atoms. The molecule has 1 aromatic rings. The summed E-state index contributed by atoms with van der Waals surface area (Å²) in [5.74, 6) is 3.30. The number of hydrogen-bond donors (Lipinski definition) is 0. The van der Waals surface area contributed by atoms with Crippen LogP contribution in [0.1, 0.15) is 56.5 Å². The van der Waals surface area contributed by atoms with Crippen LogP contribution in [0, 0.1) is 5.92 Å². The van der Waals surface area contributed by atoms with Crippen LogP contribution in [0.2, 0.25) is 0 Å². The second kappa shape index (κ2) is 9.16. The van der Waals surface area contributed by atoms with Crippen molar-refractivity contribution in [1.82, 2.24) is 14.7 Å². The molecule has 0 spiro atoms. The summed E-state index contributed by atoms with van der Waals surface area (Å²) in [6, 6.07) is 3.97. The number of carbonyl (C=O) groups excluding carboxylic acids is 2. The van der Waals surface area contributed by atoms with Gasteiger partial charge in [-0.05, 0) is 43.4 Å². The number of carbonyl (C=O) groups is 2. The molecule has 6 nitrogen and oxygen atoms in total. The van der Waals surface area contributed by atoms with E-state index < -0.39 is 0 Å². The molecule has 2 saturated heterocycles. The Kier molecular flexibility index (Phi) is 6.38. The highest BCUT2D eigenvalue weighted by Gasteiger charge is 2.36. The summed E-state index contributed by atoms with van der Waals surface area (Å²) in [4.78, 5) is 31.1. The maximum atomic E-state index is 12.6. The van der Waals surface area contributed by atoms with E-state index in [9.17, 15) is 9.59 Å². The topological polar surface area (TPSA) is 57.0 Å². The number of furan rings is 1. The van der Waals surface area contributed by atoms with Gasteiger partial charge in [-0.25, -0.2) is 0 Å². The Hall–Kier alpha value is -2.08. The zero-order valence-corrected chi connectivity index (χ0v) is 17.5. The first kappa shape index (κ1) is 20.2. The summed E-state index contributed by atoms with van der Waals surface area (Å²) in [5.41, 5.74) is 0. The molecule has 2 atom stereocenters. The van der Waals surface area contributed by atoms with Gasteiger partial charge < -0.3 is 14.2 Å². The fourth-order valence-corrected chi connectivity index (χ4v) is 4.37. The van der Waals surface area contributed by atoms with Crippen molar-refractivity contribution in [3.05, 3.63) is 29.7 Å². The molecule has 29 heavy (non-hydrogen) atoms. The normalized spacial score (nSPS) is 26.0. The van der Waals surface area contributed by atoms with Gasteiger partial charge in [0, 0.05) is 51.3 Å². The van der Waals surface area contributed by atoms with Crippen LogP contribution in [0.15, 0.2) is 22.6 Å². The van der Waals surface area contributed by atoms with Gasteiger partial charge in [-0.2, -0.15) is 0 Å². The van der Waals surface area contributed by atoms with Gasteiger partial charge in [0.25, 0.3) is 0 Å². The molecule has 6 heteroatoms. The Morgan fingerprint density at radius 3 is 2.34 bits per heavy atom. The lowest BCUT2D eigenvalue weighted by Gasteiger charge is -2.34. The van der Waals surface area contributed by atoms with Crippen molar-refractivity contribution in [2.75, 3.05) is 45.8 Å². The van der Waals surface area contributed by atoms with Gasteiger partial charge in [0.1, 0.15) is 11.5 Å². The average Bonchev–Trinajstić information content (AvgIpc) is 3.38. The predicted octanol–water partition coefficient (Wildman–Crippen LogP) is 2.96. The van der Waals surface area contributed by atoms with Crippen molar-refractivity contribution in [1.29, 1.82) is 0 Å². The molecule has 2 amide bonds. The van der Waals surface area contributed by atoms with E-state index in [0.29, 0.717) is 31.5 Å². The third kappa shape index (κ3) is 5.30. The standard InChI is InChI=1S/C23H33N3O3/c1-18-16-20(18)21-8-6-19(29-21)7-9-22(27)26-14-12-24(13-15-26)17-23(28)25-10-4-2-3-5-11-25/h6-9,18,20H,2-5,10-17H2,1H3.